The van der Waals surface area contributed by atoms with Crippen molar-refractivity contribution in [1.82, 2.24) is 9.97 Å². The largest absolute Gasteiger partial charge is 0.355 e. The van der Waals surface area contributed by atoms with Gasteiger partial charge in [0, 0.05) is 19.6 Å². The molecule has 0 amide bonds. The van der Waals surface area contributed by atoms with Gasteiger partial charge in [0.2, 0.25) is 0 Å². The number of fused-ring (bicyclic) bond motifs is 1. The number of hydrogen-bond acceptors (Lipinski definition) is 4. The monoisotopic (exact) mass is 424 g/mol. The van der Waals surface area contributed by atoms with Crippen LogP contribution in [-0.4, -0.2) is 29.6 Å². The Morgan fingerprint density at radius 3 is 2.06 bits per heavy atom. The first-order chi connectivity index (χ1) is 15.8. The maximum atomic E-state index is 4.90. The fourth-order valence-electron chi connectivity index (χ4n) is 6.19. The average Bonchev–Trinajstić information content (AvgIpc) is 3.23. The van der Waals surface area contributed by atoms with E-state index in [9.17, 15) is 0 Å². The van der Waals surface area contributed by atoms with Gasteiger partial charge in [-0.25, -0.2) is 9.97 Å². The van der Waals surface area contributed by atoms with Crippen LogP contribution in [0.15, 0.2) is 67.0 Å². The quantitative estimate of drug-likeness (QED) is 0.548. The third-order valence-corrected chi connectivity index (χ3v) is 8.00. The number of anilines is 2. The standard InChI is InChI=1S/C28H32N4/c1-2-8-22(9-3-1)25-12-6-7-15-32(25)27-21-29-26(20-30-27)31-16-13-28(14-17-31)18-23-10-4-5-11-24(23)19-28/h1-5,8-11,20-21,25H,6-7,12-19H2/t25-/m1/s1. The van der Waals surface area contributed by atoms with Gasteiger partial charge in [0.05, 0.1) is 18.4 Å². The topological polar surface area (TPSA) is 32.3 Å². The van der Waals surface area contributed by atoms with Crippen molar-refractivity contribution in [1.29, 1.82) is 0 Å². The van der Waals surface area contributed by atoms with Gasteiger partial charge in [0.1, 0.15) is 11.6 Å². The van der Waals surface area contributed by atoms with Crippen molar-refractivity contribution in [2.24, 2.45) is 5.41 Å². The Morgan fingerprint density at radius 1 is 0.719 bits per heavy atom. The Bertz CT molecular complexity index is 1030. The molecule has 164 valence electrons. The van der Waals surface area contributed by atoms with Gasteiger partial charge < -0.3 is 9.80 Å². The Labute approximate surface area is 191 Å². The van der Waals surface area contributed by atoms with E-state index in [1.165, 1.54) is 50.5 Å². The van der Waals surface area contributed by atoms with Crippen LogP contribution in [0, 0.1) is 5.41 Å². The normalized spacial score (nSPS) is 22.2. The third-order valence-electron chi connectivity index (χ3n) is 8.00. The van der Waals surface area contributed by atoms with Crippen LogP contribution in [0.2, 0.25) is 0 Å². The van der Waals surface area contributed by atoms with Crippen LogP contribution in [0.1, 0.15) is 54.8 Å². The number of hydrogen-bond donors (Lipinski definition) is 0. The van der Waals surface area contributed by atoms with Crippen molar-refractivity contribution in [3.63, 3.8) is 0 Å². The lowest BCUT2D eigenvalue weighted by Gasteiger charge is -2.40. The zero-order valence-corrected chi connectivity index (χ0v) is 18.8. The minimum atomic E-state index is 0.406. The minimum absolute atomic E-state index is 0.406. The molecular formula is C28H32N4. The first kappa shape index (κ1) is 19.8. The lowest BCUT2D eigenvalue weighted by molar-refractivity contribution is 0.232. The van der Waals surface area contributed by atoms with E-state index in [1.807, 2.05) is 12.4 Å². The van der Waals surface area contributed by atoms with Gasteiger partial charge in [-0.3, -0.25) is 0 Å². The van der Waals surface area contributed by atoms with Gasteiger partial charge in [-0.05, 0) is 67.1 Å². The predicted octanol–water partition coefficient (Wildman–Crippen LogP) is 5.59. The van der Waals surface area contributed by atoms with Crippen LogP contribution >= 0.6 is 0 Å². The second-order valence-corrected chi connectivity index (χ2v) is 9.96. The number of aromatic nitrogens is 2. The predicted molar refractivity (Wildman–Crippen MR) is 130 cm³/mol. The SMILES string of the molecule is c1ccc([C@H]2CCCCN2c2cnc(N3CCC4(CC3)Cc3ccccc3C4)cn2)cc1. The highest BCUT2D eigenvalue weighted by Crippen LogP contribution is 2.45. The molecule has 2 aromatic carbocycles. The Morgan fingerprint density at radius 2 is 1.38 bits per heavy atom. The minimum Gasteiger partial charge on any atom is -0.355 e. The molecule has 32 heavy (non-hydrogen) atoms. The molecule has 1 aromatic heterocycles. The first-order valence-corrected chi connectivity index (χ1v) is 12.3. The zero-order valence-electron chi connectivity index (χ0n) is 18.8. The van der Waals surface area contributed by atoms with Crippen molar-refractivity contribution in [2.45, 2.75) is 51.0 Å². The average molecular weight is 425 g/mol. The summed E-state index contributed by atoms with van der Waals surface area (Å²) < 4.78 is 0. The highest BCUT2D eigenvalue weighted by atomic mass is 15.3. The molecule has 0 unspecified atom stereocenters. The zero-order chi connectivity index (χ0) is 21.4. The molecule has 1 spiro atoms. The van der Waals surface area contributed by atoms with Gasteiger partial charge in [0.25, 0.3) is 0 Å². The molecule has 3 aliphatic rings. The maximum absolute atomic E-state index is 4.90. The summed E-state index contributed by atoms with van der Waals surface area (Å²) in [6.07, 6.45) is 12.7. The van der Waals surface area contributed by atoms with E-state index < -0.39 is 0 Å². The fourth-order valence-corrected chi connectivity index (χ4v) is 6.19. The molecule has 3 aromatic rings. The van der Waals surface area contributed by atoms with Crippen LogP contribution in [0.5, 0.6) is 0 Å². The second kappa shape index (κ2) is 8.23. The molecule has 0 saturated carbocycles. The van der Waals surface area contributed by atoms with Crippen molar-refractivity contribution < 1.29 is 0 Å². The molecule has 0 bridgehead atoms. The van der Waals surface area contributed by atoms with E-state index in [2.05, 4.69) is 64.4 Å². The molecule has 0 radical (unpaired) electrons. The Kier molecular flexibility index (Phi) is 5.09. The molecule has 4 nitrogen and oxygen atoms in total. The molecule has 6 rings (SSSR count). The van der Waals surface area contributed by atoms with Crippen LogP contribution in [0.25, 0.3) is 0 Å². The lowest BCUT2D eigenvalue weighted by Crippen LogP contribution is -2.41. The molecule has 3 heterocycles. The Balaban J connectivity index is 1.14. The lowest BCUT2D eigenvalue weighted by atomic mass is 9.76. The van der Waals surface area contributed by atoms with Gasteiger partial charge >= 0.3 is 0 Å². The highest BCUT2D eigenvalue weighted by Gasteiger charge is 2.40. The van der Waals surface area contributed by atoms with E-state index in [4.69, 9.17) is 9.97 Å². The summed E-state index contributed by atoms with van der Waals surface area (Å²) in [5.74, 6) is 2.05. The summed E-state index contributed by atoms with van der Waals surface area (Å²) in [7, 11) is 0. The van der Waals surface area contributed by atoms with Crippen LogP contribution < -0.4 is 9.80 Å². The smallest absolute Gasteiger partial charge is 0.147 e. The molecule has 4 heteroatoms. The van der Waals surface area contributed by atoms with E-state index in [-0.39, 0.29) is 0 Å². The molecule has 1 aliphatic carbocycles. The van der Waals surface area contributed by atoms with Crippen molar-refractivity contribution in [2.75, 3.05) is 29.4 Å². The number of rotatable bonds is 3. The molecule has 2 aliphatic heterocycles. The Hall–Kier alpha value is -2.88. The summed E-state index contributed by atoms with van der Waals surface area (Å²) in [5.41, 5.74) is 4.99. The van der Waals surface area contributed by atoms with Crippen LogP contribution in [-0.2, 0) is 12.8 Å². The van der Waals surface area contributed by atoms with Gasteiger partial charge in [-0.2, -0.15) is 0 Å². The third kappa shape index (κ3) is 3.66. The fraction of sp³-hybridized carbons (Fsp3) is 0.429. The number of benzene rings is 2. The van der Waals surface area contributed by atoms with Crippen molar-refractivity contribution >= 4 is 11.6 Å². The number of piperidine rings is 2. The van der Waals surface area contributed by atoms with Gasteiger partial charge in [-0.15, -0.1) is 0 Å². The summed E-state index contributed by atoms with van der Waals surface area (Å²) in [4.78, 5) is 14.7. The summed E-state index contributed by atoms with van der Waals surface area (Å²) in [6.45, 7) is 3.22. The van der Waals surface area contributed by atoms with Crippen LogP contribution in [0.3, 0.4) is 0 Å². The number of nitrogens with zero attached hydrogens (tertiary/aromatic N) is 4. The molecular weight excluding hydrogens is 392 g/mol. The van der Waals surface area contributed by atoms with Crippen molar-refractivity contribution in [3.05, 3.63) is 83.7 Å². The van der Waals surface area contributed by atoms with E-state index in [0.29, 0.717) is 11.5 Å². The van der Waals surface area contributed by atoms with Crippen LogP contribution in [0.4, 0.5) is 11.6 Å². The summed E-state index contributed by atoms with van der Waals surface area (Å²) >= 11 is 0. The molecule has 2 fully saturated rings. The van der Waals surface area contributed by atoms with E-state index in [1.54, 1.807) is 11.1 Å². The molecule has 0 N–H and O–H groups in total. The van der Waals surface area contributed by atoms with E-state index >= 15 is 0 Å². The van der Waals surface area contributed by atoms with Gasteiger partial charge in [0.15, 0.2) is 0 Å². The van der Waals surface area contributed by atoms with E-state index in [0.717, 1.165) is 31.3 Å². The van der Waals surface area contributed by atoms with Gasteiger partial charge in [-0.1, -0.05) is 54.6 Å². The maximum Gasteiger partial charge on any atom is 0.147 e. The molecule has 2 saturated heterocycles. The highest BCUT2D eigenvalue weighted by molar-refractivity contribution is 5.46. The van der Waals surface area contributed by atoms with Crippen molar-refractivity contribution in [3.8, 4) is 0 Å². The molecule has 1 atom stereocenters. The summed E-state index contributed by atoms with van der Waals surface area (Å²) in [5, 5.41) is 0. The summed E-state index contributed by atoms with van der Waals surface area (Å²) in [6, 6.07) is 20.3. The first-order valence-electron chi connectivity index (χ1n) is 12.3. The second-order valence-electron chi connectivity index (χ2n) is 9.96.